The molecule has 0 unspecified atom stereocenters. The standard InChI is InChI=1S/C24H32N2O4S/c1-2-29-23(27)14-17-13-22(31-16-17)21-15-20(25-30-21)24(28)26(18-9-5-3-6-10-18)19-11-7-4-8-12-19/h13,15-16,18-19H,2-12,14H2,1H3. The summed E-state index contributed by atoms with van der Waals surface area (Å²) < 4.78 is 10.6. The van der Waals surface area contributed by atoms with Gasteiger partial charge in [0.1, 0.15) is 0 Å². The highest BCUT2D eigenvalue weighted by atomic mass is 32.1. The second-order valence-electron chi connectivity index (χ2n) is 8.67. The molecular weight excluding hydrogens is 412 g/mol. The van der Waals surface area contributed by atoms with Gasteiger partial charge in [-0.05, 0) is 49.6 Å². The van der Waals surface area contributed by atoms with Crippen molar-refractivity contribution in [2.75, 3.05) is 6.61 Å². The molecule has 168 valence electrons. The Morgan fingerprint density at radius 2 is 1.71 bits per heavy atom. The molecule has 2 saturated carbocycles. The highest BCUT2D eigenvalue weighted by Crippen LogP contribution is 2.33. The maximum Gasteiger partial charge on any atom is 0.310 e. The molecule has 0 radical (unpaired) electrons. The number of nitrogens with zero attached hydrogens (tertiary/aromatic N) is 2. The Morgan fingerprint density at radius 3 is 2.32 bits per heavy atom. The lowest BCUT2D eigenvalue weighted by molar-refractivity contribution is -0.142. The lowest BCUT2D eigenvalue weighted by Crippen LogP contribution is -2.48. The van der Waals surface area contributed by atoms with Gasteiger partial charge in [-0.25, -0.2) is 0 Å². The van der Waals surface area contributed by atoms with Crippen molar-refractivity contribution in [1.82, 2.24) is 10.1 Å². The molecule has 1 amide bonds. The van der Waals surface area contributed by atoms with Gasteiger partial charge in [-0.15, -0.1) is 11.3 Å². The van der Waals surface area contributed by atoms with Crippen LogP contribution >= 0.6 is 11.3 Å². The van der Waals surface area contributed by atoms with Crippen molar-refractivity contribution in [1.29, 1.82) is 0 Å². The lowest BCUT2D eigenvalue weighted by Gasteiger charge is -2.41. The molecule has 0 bridgehead atoms. The molecule has 6 nitrogen and oxygen atoms in total. The molecule has 4 rings (SSSR count). The van der Waals surface area contributed by atoms with Crippen LogP contribution < -0.4 is 0 Å². The molecule has 0 spiro atoms. The van der Waals surface area contributed by atoms with Crippen LogP contribution in [0.3, 0.4) is 0 Å². The predicted octanol–water partition coefficient (Wildman–Crippen LogP) is 5.62. The van der Waals surface area contributed by atoms with E-state index < -0.39 is 0 Å². The fraction of sp³-hybridized carbons (Fsp3) is 0.625. The van der Waals surface area contributed by atoms with Gasteiger partial charge < -0.3 is 14.2 Å². The van der Waals surface area contributed by atoms with E-state index in [1.54, 1.807) is 13.0 Å². The first kappa shape index (κ1) is 22.1. The fourth-order valence-electron chi connectivity index (χ4n) is 4.95. The predicted molar refractivity (Wildman–Crippen MR) is 120 cm³/mol. The molecule has 7 heteroatoms. The number of rotatable bonds is 7. The summed E-state index contributed by atoms with van der Waals surface area (Å²) in [4.78, 5) is 28.3. The topological polar surface area (TPSA) is 72.6 Å². The maximum atomic E-state index is 13.6. The number of amides is 1. The van der Waals surface area contributed by atoms with Crippen molar-refractivity contribution in [3.05, 3.63) is 28.8 Å². The van der Waals surface area contributed by atoms with Crippen LogP contribution in [0.25, 0.3) is 10.6 Å². The fourth-order valence-corrected chi connectivity index (χ4v) is 5.81. The molecule has 0 atom stereocenters. The number of hydrogen-bond donors (Lipinski definition) is 0. The SMILES string of the molecule is CCOC(=O)Cc1csc(-c2cc(C(=O)N(C3CCCCC3)C3CCCCC3)no2)c1. The molecule has 2 heterocycles. The van der Waals surface area contributed by atoms with Crippen LogP contribution in [0, 0.1) is 0 Å². The summed E-state index contributed by atoms with van der Waals surface area (Å²) in [7, 11) is 0. The van der Waals surface area contributed by atoms with E-state index >= 15 is 0 Å². The molecule has 2 aliphatic rings. The van der Waals surface area contributed by atoms with Crippen LogP contribution in [-0.2, 0) is 16.0 Å². The van der Waals surface area contributed by atoms with E-state index in [4.69, 9.17) is 9.26 Å². The van der Waals surface area contributed by atoms with Crippen molar-refractivity contribution in [2.45, 2.75) is 89.6 Å². The summed E-state index contributed by atoms with van der Waals surface area (Å²) in [6.45, 7) is 2.18. The van der Waals surface area contributed by atoms with Gasteiger partial charge >= 0.3 is 5.97 Å². The number of carbonyl (C=O) groups is 2. The van der Waals surface area contributed by atoms with Gasteiger partial charge in [0.25, 0.3) is 5.91 Å². The van der Waals surface area contributed by atoms with Gasteiger partial charge in [0.05, 0.1) is 17.9 Å². The number of hydrogen-bond acceptors (Lipinski definition) is 6. The Kier molecular flexibility index (Phi) is 7.43. The summed E-state index contributed by atoms with van der Waals surface area (Å²) >= 11 is 1.49. The zero-order valence-electron chi connectivity index (χ0n) is 18.3. The van der Waals surface area contributed by atoms with Crippen LogP contribution in [0.15, 0.2) is 22.0 Å². The monoisotopic (exact) mass is 444 g/mol. The summed E-state index contributed by atoms with van der Waals surface area (Å²) in [5.41, 5.74) is 1.28. The molecule has 31 heavy (non-hydrogen) atoms. The molecule has 2 aliphatic carbocycles. The molecule has 2 fully saturated rings. The van der Waals surface area contributed by atoms with Gasteiger partial charge in [-0.3, -0.25) is 9.59 Å². The second kappa shape index (κ2) is 10.4. The Labute approximate surface area is 187 Å². The van der Waals surface area contributed by atoms with Crippen molar-refractivity contribution in [3.8, 4) is 10.6 Å². The second-order valence-corrected chi connectivity index (χ2v) is 9.58. The molecule has 2 aromatic heterocycles. The Hall–Kier alpha value is -2.15. The summed E-state index contributed by atoms with van der Waals surface area (Å²) in [5, 5.41) is 6.07. The van der Waals surface area contributed by atoms with Crippen LogP contribution in [0.2, 0.25) is 0 Å². The van der Waals surface area contributed by atoms with Gasteiger partial charge in [-0.2, -0.15) is 0 Å². The lowest BCUT2D eigenvalue weighted by atomic mass is 9.88. The highest BCUT2D eigenvalue weighted by molar-refractivity contribution is 7.13. The van der Waals surface area contributed by atoms with Crippen molar-refractivity contribution in [2.24, 2.45) is 0 Å². The Balaban J connectivity index is 1.50. The smallest absolute Gasteiger partial charge is 0.310 e. The van der Waals surface area contributed by atoms with E-state index in [2.05, 4.69) is 10.1 Å². The Morgan fingerprint density at radius 1 is 1.06 bits per heavy atom. The minimum Gasteiger partial charge on any atom is -0.466 e. The molecule has 0 aliphatic heterocycles. The average Bonchev–Trinajstić information content (AvgIpc) is 3.45. The first-order chi connectivity index (χ1) is 15.2. The van der Waals surface area contributed by atoms with Crippen molar-refractivity contribution < 1.29 is 18.8 Å². The van der Waals surface area contributed by atoms with E-state index in [9.17, 15) is 9.59 Å². The first-order valence-corrected chi connectivity index (χ1v) is 12.6. The van der Waals surface area contributed by atoms with E-state index in [1.807, 2.05) is 11.4 Å². The largest absolute Gasteiger partial charge is 0.466 e. The minimum absolute atomic E-state index is 0.0112. The normalized spacial score (nSPS) is 18.1. The van der Waals surface area contributed by atoms with Crippen LogP contribution in [-0.4, -0.2) is 40.6 Å². The number of thiophene rings is 1. The molecular formula is C24H32N2O4S. The number of ether oxygens (including phenoxy) is 1. The number of esters is 1. The zero-order chi connectivity index (χ0) is 21.6. The van der Waals surface area contributed by atoms with Crippen molar-refractivity contribution in [3.63, 3.8) is 0 Å². The van der Waals surface area contributed by atoms with Crippen LogP contribution in [0.4, 0.5) is 0 Å². The van der Waals surface area contributed by atoms with E-state index in [1.165, 1.54) is 49.9 Å². The number of aromatic nitrogens is 1. The van der Waals surface area contributed by atoms with Crippen LogP contribution in [0.1, 0.15) is 87.2 Å². The molecule has 2 aromatic rings. The maximum absolute atomic E-state index is 13.6. The average molecular weight is 445 g/mol. The first-order valence-electron chi connectivity index (χ1n) is 11.7. The van der Waals surface area contributed by atoms with E-state index in [0.29, 0.717) is 30.1 Å². The summed E-state index contributed by atoms with van der Waals surface area (Å²) in [6, 6.07) is 4.32. The third kappa shape index (κ3) is 5.37. The highest BCUT2D eigenvalue weighted by Gasteiger charge is 2.34. The van der Waals surface area contributed by atoms with Crippen LogP contribution in [0.5, 0.6) is 0 Å². The zero-order valence-corrected chi connectivity index (χ0v) is 19.1. The van der Waals surface area contributed by atoms with E-state index in [-0.39, 0.29) is 18.3 Å². The van der Waals surface area contributed by atoms with Gasteiger partial charge in [-0.1, -0.05) is 43.7 Å². The quantitative estimate of drug-likeness (QED) is 0.519. The van der Waals surface area contributed by atoms with E-state index in [0.717, 1.165) is 36.1 Å². The minimum atomic E-state index is -0.240. The molecule has 0 N–H and O–H groups in total. The third-order valence-electron chi connectivity index (χ3n) is 6.45. The molecule has 0 saturated heterocycles. The van der Waals surface area contributed by atoms with Gasteiger partial charge in [0.2, 0.25) is 0 Å². The van der Waals surface area contributed by atoms with Gasteiger partial charge in [0, 0.05) is 18.2 Å². The Bertz CT molecular complexity index is 860. The summed E-state index contributed by atoms with van der Waals surface area (Å²) in [6.07, 6.45) is 11.9. The summed E-state index contributed by atoms with van der Waals surface area (Å²) in [5.74, 6) is 0.351. The number of carbonyl (C=O) groups excluding carboxylic acids is 2. The van der Waals surface area contributed by atoms with Gasteiger partial charge in [0.15, 0.2) is 11.5 Å². The van der Waals surface area contributed by atoms with Crippen molar-refractivity contribution >= 4 is 23.2 Å². The third-order valence-corrected chi connectivity index (χ3v) is 7.44. The molecule has 0 aromatic carbocycles.